The van der Waals surface area contributed by atoms with E-state index in [-0.39, 0.29) is 16.7 Å². The molecular formula is C32H33N5O6S. The van der Waals surface area contributed by atoms with Gasteiger partial charge in [0, 0.05) is 11.1 Å². The topological polar surface area (TPSA) is 129 Å². The van der Waals surface area contributed by atoms with E-state index in [9.17, 15) is 9.59 Å². The normalized spacial score (nSPS) is 11.4. The van der Waals surface area contributed by atoms with E-state index in [2.05, 4.69) is 20.6 Å². The number of amides is 1. The maximum absolute atomic E-state index is 13.9. The molecule has 0 unspecified atom stereocenters. The van der Waals surface area contributed by atoms with E-state index in [1.165, 1.54) is 16.0 Å². The van der Waals surface area contributed by atoms with Gasteiger partial charge in [0.1, 0.15) is 5.75 Å². The van der Waals surface area contributed by atoms with Gasteiger partial charge in [-0.2, -0.15) is 9.78 Å². The predicted octanol–water partition coefficient (Wildman–Crippen LogP) is 5.80. The molecule has 0 atom stereocenters. The molecule has 1 amide bonds. The van der Waals surface area contributed by atoms with Gasteiger partial charge in [-0.15, -0.1) is 0 Å². The molecule has 0 spiro atoms. The fourth-order valence-corrected chi connectivity index (χ4v) is 5.53. The quantitative estimate of drug-likeness (QED) is 0.134. The smallest absolute Gasteiger partial charge is 0.283 e. The fourth-order valence-electron chi connectivity index (χ4n) is 4.60. The molecule has 0 fully saturated rings. The van der Waals surface area contributed by atoms with Crippen LogP contribution in [0.15, 0.2) is 70.6 Å². The maximum atomic E-state index is 13.9. The third-order valence-corrected chi connectivity index (χ3v) is 7.62. The number of nitrogens with zero attached hydrogens (tertiary/aromatic N) is 3. The third kappa shape index (κ3) is 6.16. The number of fused-ring (bicyclic) bond motifs is 1. The summed E-state index contributed by atoms with van der Waals surface area (Å²) in [5, 5.41) is 8.04. The lowest BCUT2D eigenvalue weighted by Crippen LogP contribution is -2.23. The minimum absolute atomic E-state index is 0.258. The number of carbonyl (C=O) groups excluding carboxylic acids is 1. The summed E-state index contributed by atoms with van der Waals surface area (Å²) in [6.45, 7) is 8.35. The number of aromatic amines is 1. The van der Waals surface area contributed by atoms with E-state index < -0.39 is 5.91 Å². The maximum Gasteiger partial charge on any atom is 0.283 e. The van der Waals surface area contributed by atoms with E-state index in [4.69, 9.17) is 18.9 Å². The minimum Gasteiger partial charge on any atom is -0.497 e. The number of H-pyrrole nitrogens is 1. The number of methoxy groups -OCH3 is 1. The number of nitrogens with one attached hydrogen (secondary N) is 2. The predicted molar refractivity (Wildman–Crippen MR) is 171 cm³/mol. The molecular weight excluding hydrogens is 582 g/mol. The fraction of sp³-hybridized carbons (Fsp3) is 0.250. The lowest BCUT2D eigenvalue weighted by atomic mass is 10.1. The summed E-state index contributed by atoms with van der Waals surface area (Å²) >= 11 is 1.39. The van der Waals surface area contributed by atoms with Gasteiger partial charge in [0.25, 0.3) is 11.5 Å². The largest absolute Gasteiger partial charge is 0.497 e. The van der Waals surface area contributed by atoms with Crippen LogP contribution in [0.3, 0.4) is 0 Å². The number of para-hydroxylation sites is 1. The molecule has 228 valence electrons. The Morgan fingerprint density at radius 3 is 2.25 bits per heavy atom. The van der Waals surface area contributed by atoms with E-state index in [0.29, 0.717) is 59.4 Å². The molecule has 0 radical (unpaired) electrons. The second-order valence-corrected chi connectivity index (χ2v) is 10.4. The zero-order chi connectivity index (χ0) is 31.2. The first kappa shape index (κ1) is 30.4. The number of ether oxygens (including phenoxy) is 4. The summed E-state index contributed by atoms with van der Waals surface area (Å²) < 4.78 is 24.9. The number of hydrogen-bond acceptors (Lipinski definition) is 9. The van der Waals surface area contributed by atoms with Crippen molar-refractivity contribution in [3.05, 3.63) is 82.1 Å². The molecule has 0 aliphatic carbocycles. The van der Waals surface area contributed by atoms with E-state index in [0.717, 1.165) is 15.8 Å². The zero-order valence-corrected chi connectivity index (χ0v) is 25.9. The van der Waals surface area contributed by atoms with Gasteiger partial charge in [0.2, 0.25) is 10.9 Å². The third-order valence-electron chi connectivity index (χ3n) is 6.60. The van der Waals surface area contributed by atoms with Crippen LogP contribution < -0.4 is 29.9 Å². The van der Waals surface area contributed by atoms with E-state index in [1.807, 2.05) is 57.2 Å². The number of aromatic nitrogens is 3. The SMILES string of the molecule is CCOc1cc(C(=O)N/N=C(\C)c2c(-c3ccc(OC)cc3)[nH]n(-c3nc4ccccc4s3)c2=O)cc(OCC)c1OCC. The van der Waals surface area contributed by atoms with Crippen LogP contribution in [0.5, 0.6) is 23.0 Å². The molecule has 5 aromatic rings. The van der Waals surface area contributed by atoms with Crippen LogP contribution in [0.25, 0.3) is 26.6 Å². The van der Waals surface area contributed by atoms with Gasteiger partial charge < -0.3 is 18.9 Å². The highest BCUT2D eigenvalue weighted by Gasteiger charge is 2.22. The number of benzene rings is 3. The standard InChI is InChI=1S/C32H33N5O6S/c1-6-41-24-17-21(18-25(42-7-2)29(24)43-8-3)30(38)35-34-19(4)27-28(20-13-15-22(40-5)16-14-20)36-37(31(27)39)32-33-23-11-9-10-12-26(23)44-32/h9-18,36H,6-8H2,1-5H3,(H,35,38)/b34-19+. The van der Waals surface area contributed by atoms with Gasteiger partial charge in [0.05, 0.1) is 54.1 Å². The Morgan fingerprint density at radius 1 is 0.977 bits per heavy atom. The molecule has 5 rings (SSSR count). The van der Waals surface area contributed by atoms with E-state index >= 15 is 0 Å². The summed E-state index contributed by atoms with van der Waals surface area (Å²) in [6, 6.07) is 18.1. The number of rotatable bonds is 12. The summed E-state index contributed by atoms with van der Waals surface area (Å²) in [7, 11) is 1.59. The molecule has 0 bridgehead atoms. The lowest BCUT2D eigenvalue weighted by Gasteiger charge is -2.16. The van der Waals surface area contributed by atoms with Gasteiger partial charge in [-0.25, -0.2) is 10.4 Å². The Bertz CT molecular complexity index is 1810. The molecule has 0 aliphatic heterocycles. The van der Waals surface area contributed by atoms with Crippen LogP contribution in [-0.2, 0) is 0 Å². The van der Waals surface area contributed by atoms with Crippen molar-refractivity contribution in [1.29, 1.82) is 0 Å². The van der Waals surface area contributed by atoms with Crippen molar-refractivity contribution in [2.75, 3.05) is 26.9 Å². The highest BCUT2D eigenvalue weighted by atomic mass is 32.1. The molecule has 12 heteroatoms. The summed E-state index contributed by atoms with van der Waals surface area (Å²) in [5.74, 6) is 1.37. The Morgan fingerprint density at radius 2 is 1.64 bits per heavy atom. The first-order valence-corrected chi connectivity index (χ1v) is 15.0. The molecule has 2 heterocycles. The molecule has 0 saturated heterocycles. The Balaban J connectivity index is 1.54. The average Bonchev–Trinajstić information content (AvgIpc) is 3.62. The Labute approximate surface area is 258 Å². The molecule has 0 saturated carbocycles. The van der Waals surface area contributed by atoms with Crippen molar-refractivity contribution < 1.29 is 23.7 Å². The number of hydrazone groups is 1. The van der Waals surface area contributed by atoms with Gasteiger partial charge in [-0.3, -0.25) is 14.7 Å². The monoisotopic (exact) mass is 615 g/mol. The van der Waals surface area contributed by atoms with Crippen LogP contribution in [0.1, 0.15) is 43.6 Å². The molecule has 44 heavy (non-hydrogen) atoms. The molecule has 3 aromatic carbocycles. The highest BCUT2D eigenvalue weighted by molar-refractivity contribution is 7.20. The van der Waals surface area contributed by atoms with Crippen molar-refractivity contribution in [2.24, 2.45) is 5.10 Å². The molecule has 2 aromatic heterocycles. The second-order valence-electron chi connectivity index (χ2n) is 9.43. The van der Waals surface area contributed by atoms with Crippen molar-refractivity contribution in [3.8, 4) is 39.4 Å². The molecule has 11 nitrogen and oxygen atoms in total. The summed E-state index contributed by atoms with van der Waals surface area (Å²) in [5.41, 5.74) is 5.10. The van der Waals surface area contributed by atoms with Crippen LogP contribution in [0.2, 0.25) is 0 Å². The van der Waals surface area contributed by atoms with E-state index in [1.54, 1.807) is 38.3 Å². The summed E-state index contributed by atoms with van der Waals surface area (Å²) in [6.07, 6.45) is 0. The average molecular weight is 616 g/mol. The van der Waals surface area contributed by atoms with Gasteiger partial charge >= 0.3 is 0 Å². The van der Waals surface area contributed by atoms with Crippen molar-refractivity contribution in [3.63, 3.8) is 0 Å². The molecule has 2 N–H and O–H groups in total. The van der Waals surface area contributed by atoms with Gasteiger partial charge in [-0.1, -0.05) is 23.5 Å². The van der Waals surface area contributed by atoms with Crippen LogP contribution in [-0.4, -0.2) is 53.3 Å². The first-order valence-electron chi connectivity index (χ1n) is 14.1. The van der Waals surface area contributed by atoms with Crippen LogP contribution in [0.4, 0.5) is 0 Å². The number of thiazole rings is 1. The van der Waals surface area contributed by atoms with Gasteiger partial charge in [0.15, 0.2) is 11.5 Å². The lowest BCUT2D eigenvalue weighted by molar-refractivity contribution is 0.0953. The zero-order valence-electron chi connectivity index (χ0n) is 25.1. The summed E-state index contributed by atoms with van der Waals surface area (Å²) in [4.78, 5) is 31.8. The van der Waals surface area contributed by atoms with Crippen molar-refractivity contribution >= 4 is 33.2 Å². The second kappa shape index (κ2) is 13.5. The van der Waals surface area contributed by atoms with Gasteiger partial charge in [-0.05, 0) is 76.2 Å². The molecule has 0 aliphatic rings. The Kier molecular flexibility index (Phi) is 9.29. The highest BCUT2D eigenvalue weighted by Crippen LogP contribution is 2.39. The van der Waals surface area contributed by atoms with Crippen molar-refractivity contribution in [1.82, 2.24) is 20.2 Å². The van der Waals surface area contributed by atoms with Crippen LogP contribution >= 0.6 is 11.3 Å². The van der Waals surface area contributed by atoms with Crippen LogP contribution in [0, 0.1) is 0 Å². The van der Waals surface area contributed by atoms with Crippen molar-refractivity contribution in [2.45, 2.75) is 27.7 Å². The number of carbonyl (C=O) groups is 1. The first-order chi connectivity index (χ1) is 21.4. The Hall–Kier alpha value is -5.10. The number of hydrogen-bond donors (Lipinski definition) is 2. The minimum atomic E-state index is -0.512.